The maximum atomic E-state index is 5.95. The molecule has 0 amide bonds. The van der Waals surface area contributed by atoms with E-state index in [0.717, 1.165) is 6.42 Å². The number of benzene rings is 1. The second-order valence-electron chi connectivity index (χ2n) is 4.02. The van der Waals surface area contributed by atoms with Crippen molar-refractivity contribution in [3.63, 3.8) is 0 Å². The predicted molar refractivity (Wildman–Crippen MR) is 68.3 cm³/mol. The van der Waals surface area contributed by atoms with E-state index in [0.29, 0.717) is 10.7 Å². The van der Waals surface area contributed by atoms with Crippen LogP contribution in [0.5, 0.6) is 0 Å². The van der Waals surface area contributed by atoms with Crippen molar-refractivity contribution < 1.29 is 0 Å². The second kappa shape index (κ2) is 6.73. The number of nitrogens with two attached hydrogens (primary N) is 1. The van der Waals surface area contributed by atoms with Gasteiger partial charge in [-0.25, -0.2) is 0 Å². The van der Waals surface area contributed by atoms with Crippen LogP contribution in [0.1, 0.15) is 44.6 Å². The minimum Gasteiger partial charge on any atom is -0.398 e. The van der Waals surface area contributed by atoms with Crippen molar-refractivity contribution in [2.45, 2.75) is 45.4 Å². The van der Waals surface area contributed by atoms with E-state index in [2.05, 4.69) is 13.0 Å². The summed E-state index contributed by atoms with van der Waals surface area (Å²) in [6.45, 7) is 2.24. The fourth-order valence-corrected chi connectivity index (χ4v) is 1.86. The Hall–Kier alpha value is -0.690. The van der Waals surface area contributed by atoms with E-state index < -0.39 is 0 Å². The molecule has 2 heteroatoms. The molecule has 84 valence electrons. The average molecular weight is 226 g/mol. The van der Waals surface area contributed by atoms with E-state index in [9.17, 15) is 0 Å². The Kier molecular flexibility index (Phi) is 5.56. The van der Waals surface area contributed by atoms with Crippen LogP contribution in [0.15, 0.2) is 18.2 Å². The van der Waals surface area contributed by atoms with E-state index in [-0.39, 0.29) is 0 Å². The van der Waals surface area contributed by atoms with Gasteiger partial charge in [-0.2, -0.15) is 0 Å². The van der Waals surface area contributed by atoms with Crippen molar-refractivity contribution in [3.05, 3.63) is 28.8 Å². The Balaban J connectivity index is 2.28. The van der Waals surface area contributed by atoms with Gasteiger partial charge < -0.3 is 5.73 Å². The van der Waals surface area contributed by atoms with Gasteiger partial charge in [-0.3, -0.25) is 0 Å². The van der Waals surface area contributed by atoms with Crippen LogP contribution < -0.4 is 5.73 Å². The molecule has 0 saturated heterocycles. The molecule has 0 aliphatic carbocycles. The minimum atomic E-state index is 0.673. The summed E-state index contributed by atoms with van der Waals surface area (Å²) in [5.74, 6) is 0. The highest BCUT2D eigenvalue weighted by Gasteiger charge is 1.98. The molecule has 0 aliphatic rings. The summed E-state index contributed by atoms with van der Waals surface area (Å²) in [7, 11) is 0. The smallest absolute Gasteiger partial charge is 0.0638 e. The lowest BCUT2D eigenvalue weighted by atomic mass is 10.1. The summed E-state index contributed by atoms with van der Waals surface area (Å²) in [6.07, 6.45) is 7.68. The molecule has 2 N–H and O–H groups in total. The molecule has 0 unspecified atom stereocenters. The van der Waals surface area contributed by atoms with Crippen LogP contribution in [0.3, 0.4) is 0 Å². The Morgan fingerprint density at radius 1 is 1.13 bits per heavy atom. The van der Waals surface area contributed by atoms with Crippen LogP contribution in [-0.4, -0.2) is 0 Å². The highest BCUT2D eigenvalue weighted by Crippen LogP contribution is 2.20. The summed E-state index contributed by atoms with van der Waals surface area (Å²) < 4.78 is 0. The van der Waals surface area contributed by atoms with E-state index in [1.165, 1.54) is 37.7 Å². The molecule has 0 heterocycles. The number of halogens is 1. The summed E-state index contributed by atoms with van der Waals surface area (Å²) in [5, 5.41) is 0.682. The number of unbranched alkanes of at least 4 members (excludes halogenated alkanes) is 4. The van der Waals surface area contributed by atoms with Crippen molar-refractivity contribution in [3.8, 4) is 0 Å². The number of rotatable bonds is 6. The van der Waals surface area contributed by atoms with E-state index in [1.807, 2.05) is 12.1 Å². The number of anilines is 1. The predicted octanol–water partition coefficient (Wildman–Crippen LogP) is 4.44. The molecule has 0 bridgehead atoms. The zero-order valence-corrected chi connectivity index (χ0v) is 10.2. The molecule has 0 aromatic heterocycles. The Morgan fingerprint density at radius 3 is 2.53 bits per heavy atom. The zero-order valence-electron chi connectivity index (χ0n) is 9.43. The lowest BCUT2D eigenvalue weighted by Crippen LogP contribution is -1.90. The van der Waals surface area contributed by atoms with E-state index >= 15 is 0 Å². The topological polar surface area (TPSA) is 26.0 Å². The third kappa shape index (κ3) is 4.57. The zero-order chi connectivity index (χ0) is 11.1. The van der Waals surface area contributed by atoms with Crippen molar-refractivity contribution in [1.82, 2.24) is 0 Å². The first-order chi connectivity index (χ1) is 7.24. The molecule has 0 atom stereocenters. The highest BCUT2D eigenvalue weighted by molar-refractivity contribution is 6.33. The van der Waals surface area contributed by atoms with Crippen molar-refractivity contribution in [2.24, 2.45) is 0 Å². The normalized spacial score (nSPS) is 10.5. The summed E-state index contributed by atoms with van der Waals surface area (Å²) in [5.41, 5.74) is 7.62. The molecule has 0 fully saturated rings. The largest absolute Gasteiger partial charge is 0.398 e. The van der Waals surface area contributed by atoms with Crippen LogP contribution >= 0.6 is 11.6 Å². The fraction of sp³-hybridized carbons (Fsp3) is 0.538. The van der Waals surface area contributed by atoms with Gasteiger partial charge in [0.05, 0.1) is 10.7 Å². The molecule has 1 rings (SSSR count). The van der Waals surface area contributed by atoms with Crippen LogP contribution in [0.4, 0.5) is 5.69 Å². The van der Waals surface area contributed by atoms with Crippen LogP contribution in [0.2, 0.25) is 5.02 Å². The van der Waals surface area contributed by atoms with Crippen molar-refractivity contribution in [2.75, 3.05) is 5.73 Å². The number of aryl methyl sites for hydroxylation is 1. The second-order valence-corrected chi connectivity index (χ2v) is 4.43. The van der Waals surface area contributed by atoms with Gasteiger partial charge in [-0.05, 0) is 30.5 Å². The molecule has 1 nitrogen and oxygen atoms in total. The first kappa shape index (κ1) is 12.4. The molecular formula is C13H20ClN. The van der Waals surface area contributed by atoms with E-state index in [4.69, 9.17) is 17.3 Å². The van der Waals surface area contributed by atoms with Gasteiger partial charge in [0.1, 0.15) is 0 Å². The number of hydrogen-bond acceptors (Lipinski definition) is 1. The lowest BCUT2D eigenvalue weighted by molar-refractivity contribution is 0.632. The minimum absolute atomic E-state index is 0.673. The molecule has 1 aromatic carbocycles. The first-order valence-electron chi connectivity index (χ1n) is 5.78. The SMILES string of the molecule is CCCCCCCc1ccc(N)c(Cl)c1. The lowest BCUT2D eigenvalue weighted by Gasteiger charge is -2.03. The van der Waals surface area contributed by atoms with Gasteiger partial charge >= 0.3 is 0 Å². The third-order valence-corrected chi connectivity index (χ3v) is 2.96. The fourth-order valence-electron chi connectivity index (χ4n) is 1.66. The van der Waals surface area contributed by atoms with Gasteiger partial charge in [0.2, 0.25) is 0 Å². The summed E-state index contributed by atoms with van der Waals surface area (Å²) in [4.78, 5) is 0. The molecule has 15 heavy (non-hydrogen) atoms. The van der Waals surface area contributed by atoms with Gasteiger partial charge in [0, 0.05) is 0 Å². The number of hydrogen-bond donors (Lipinski definition) is 1. The molecule has 0 radical (unpaired) electrons. The Labute approximate surface area is 97.6 Å². The van der Waals surface area contributed by atoms with Gasteiger partial charge in [-0.15, -0.1) is 0 Å². The van der Waals surface area contributed by atoms with Crippen molar-refractivity contribution in [1.29, 1.82) is 0 Å². The maximum absolute atomic E-state index is 5.95. The van der Waals surface area contributed by atoms with Crippen molar-refractivity contribution >= 4 is 17.3 Å². The van der Waals surface area contributed by atoms with Gasteiger partial charge in [0.15, 0.2) is 0 Å². The molecular weight excluding hydrogens is 206 g/mol. The quantitative estimate of drug-likeness (QED) is 0.562. The van der Waals surface area contributed by atoms with Gasteiger partial charge in [0.25, 0.3) is 0 Å². The summed E-state index contributed by atoms with van der Waals surface area (Å²) in [6, 6.07) is 5.95. The van der Waals surface area contributed by atoms with Gasteiger partial charge in [-0.1, -0.05) is 50.3 Å². The Morgan fingerprint density at radius 2 is 1.87 bits per heavy atom. The van der Waals surface area contributed by atoms with E-state index in [1.54, 1.807) is 0 Å². The first-order valence-corrected chi connectivity index (χ1v) is 6.15. The third-order valence-electron chi connectivity index (χ3n) is 2.63. The molecule has 1 aromatic rings. The number of nitrogen functional groups attached to an aromatic ring is 1. The van der Waals surface area contributed by atoms with Crippen LogP contribution in [0.25, 0.3) is 0 Å². The Bertz CT molecular complexity index is 297. The van der Waals surface area contributed by atoms with Crippen LogP contribution in [-0.2, 0) is 6.42 Å². The molecule has 0 saturated carbocycles. The average Bonchev–Trinajstić information content (AvgIpc) is 2.23. The van der Waals surface area contributed by atoms with Crippen LogP contribution in [0, 0.1) is 0 Å². The maximum Gasteiger partial charge on any atom is 0.0638 e. The monoisotopic (exact) mass is 225 g/mol. The highest BCUT2D eigenvalue weighted by atomic mass is 35.5. The molecule has 0 aliphatic heterocycles. The molecule has 0 spiro atoms. The standard InChI is InChI=1S/C13H20ClN/c1-2-3-4-5-6-7-11-8-9-13(15)12(14)10-11/h8-10H,2-7,15H2,1H3. The summed E-state index contributed by atoms with van der Waals surface area (Å²) >= 11 is 5.95.